The van der Waals surface area contributed by atoms with Crippen molar-refractivity contribution < 1.29 is 9.59 Å². The van der Waals surface area contributed by atoms with Gasteiger partial charge in [-0.3, -0.25) is 9.59 Å². The molecule has 2 saturated carbocycles. The Morgan fingerprint density at radius 3 is 2.48 bits per heavy atom. The van der Waals surface area contributed by atoms with Crippen molar-refractivity contribution in [3.8, 4) is 0 Å². The molecule has 21 heavy (non-hydrogen) atoms. The van der Waals surface area contributed by atoms with Crippen molar-refractivity contribution in [2.75, 3.05) is 6.54 Å². The van der Waals surface area contributed by atoms with Crippen LogP contribution in [0.5, 0.6) is 0 Å². The molecule has 3 rings (SSSR count). The van der Waals surface area contributed by atoms with Crippen molar-refractivity contribution in [2.45, 2.75) is 76.8 Å². The highest BCUT2D eigenvalue weighted by Crippen LogP contribution is 2.37. The Kier molecular flexibility index (Phi) is 3.98. The van der Waals surface area contributed by atoms with Gasteiger partial charge in [0.15, 0.2) is 0 Å². The fraction of sp³-hybridized carbons (Fsp3) is 0.882. The van der Waals surface area contributed by atoms with Gasteiger partial charge in [0.2, 0.25) is 11.8 Å². The number of rotatable bonds is 1. The maximum absolute atomic E-state index is 13.1. The number of amides is 2. The lowest BCUT2D eigenvalue weighted by Gasteiger charge is -2.49. The van der Waals surface area contributed by atoms with Crippen LogP contribution < -0.4 is 5.32 Å². The van der Waals surface area contributed by atoms with Gasteiger partial charge in [0.1, 0.15) is 5.54 Å². The van der Waals surface area contributed by atoms with Gasteiger partial charge >= 0.3 is 0 Å². The summed E-state index contributed by atoms with van der Waals surface area (Å²) >= 11 is 0. The number of piperazine rings is 1. The molecule has 1 spiro atoms. The summed E-state index contributed by atoms with van der Waals surface area (Å²) in [6, 6.07) is 0.263. The number of nitrogens with one attached hydrogen (secondary N) is 1. The van der Waals surface area contributed by atoms with Gasteiger partial charge in [-0.05, 0) is 43.9 Å². The fourth-order valence-corrected chi connectivity index (χ4v) is 4.74. The van der Waals surface area contributed by atoms with Gasteiger partial charge in [-0.15, -0.1) is 0 Å². The molecule has 2 amide bonds. The molecule has 1 N–H and O–H groups in total. The van der Waals surface area contributed by atoms with Gasteiger partial charge in [-0.2, -0.15) is 0 Å². The third-order valence-electron chi connectivity index (χ3n) is 5.86. The topological polar surface area (TPSA) is 49.4 Å². The van der Waals surface area contributed by atoms with Gasteiger partial charge in [-0.25, -0.2) is 0 Å². The van der Waals surface area contributed by atoms with E-state index >= 15 is 0 Å². The normalized spacial score (nSPS) is 36.7. The standard InChI is InChI=1S/C17H28N2O2/c1-12-6-7-14(13(2)10-12)19-11-15(20)18-17(16(19)21)8-4-3-5-9-17/h12-14H,3-11H2,1-2H3,(H,18,20). The second-order valence-electron chi connectivity index (χ2n) is 7.59. The van der Waals surface area contributed by atoms with E-state index in [1.54, 1.807) is 0 Å². The third kappa shape index (κ3) is 2.69. The molecule has 0 bridgehead atoms. The summed E-state index contributed by atoms with van der Waals surface area (Å²) in [6.45, 7) is 4.80. The minimum absolute atomic E-state index is 0.0438. The molecular formula is C17H28N2O2. The highest BCUT2D eigenvalue weighted by atomic mass is 16.2. The zero-order valence-corrected chi connectivity index (χ0v) is 13.4. The average molecular weight is 292 g/mol. The molecule has 1 saturated heterocycles. The lowest BCUT2D eigenvalue weighted by molar-refractivity contribution is -0.156. The minimum atomic E-state index is -0.573. The van der Waals surface area contributed by atoms with Crippen molar-refractivity contribution in [3.05, 3.63) is 0 Å². The van der Waals surface area contributed by atoms with E-state index in [1.165, 1.54) is 19.3 Å². The quantitative estimate of drug-likeness (QED) is 0.807. The summed E-state index contributed by atoms with van der Waals surface area (Å²) in [7, 11) is 0. The van der Waals surface area contributed by atoms with E-state index in [2.05, 4.69) is 19.2 Å². The van der Waals surface area contributed by atoms with Crippen LogP contribution in [0.2, 0.25) is 0 Å². The number of carbonyl (C=O) groups is 2. The van der Waals surface area contributed by atoms with Crippen molar-refractivity contribution in [1.29, 1.82) is 0 Å². The molecule has 0 radical (unpaired) electrons. The molecule has 0 aromatic carbocycles. The van der Waals surface area contributed by atoms with Crippen molar-refractivity contribution in [2.24, 2.45) is 11.8 Å². The number of nitrogens with zero attached hydrogens (tertiary/aromatic N) is 1. The molecule has 118 valence electrons. The van der Waals surface area contributed by atoms with Crippen LogP contribution >= 0.6 is 0 Å². The first-order chi connectivity index (χ1) is 10.0. The Hall–Kier alpha value is -1.06. The summed E-state index contributed by atoms with van der Waals surface area (Å²) in [5.41, 5.74) is -0.573. The van der Waals surface area contributed by atoms with E-state index in [0.29, 0.717) is 5.92 Å². The molecule has 4 nitrogen and oxygen atoms in total. The third-order valence-corrected chi connectivity index (χ3v) is 5.86. The predicted octanol–water partition coefficient (Wildman–Crippen LogP) is 2.47. The minimum Gasteiger partial charge on any atom is -0.340 e. The van der Waals surface area contributed by atoms with Crippen LogP contribution in [0.4, 0.5) is 0 Å². The summed E-state index contributed by atoms with van der Waals surface area (Å²) in [6.07, 6.45) is 8.33. The Balaban J connectivity index is 1.81. The molecule has 3 fully saturated rings. The first-order valence-electron chi connectivity index (χ1n) is 8.64. The van der Waals surface area contributed by atoms with E-state index in [0.717, 1.165) is 38.0 Å². The summed E-state index contributed by atoms with van der Waals surface area (Å²) in [5.74, 6) is 1.49. The smallest absolute Gasteiger partial charge is 0.249 e. The summed E-state index contributed by atoms with van der Waals surface area (Å²) in [5, 5.41) is 3.04. The van der Waals surface area contributed by atoms with Crippen LogP contribution in [-0.2, 0) is 9.59 Å². The van der Waals surface area contributed by atoms with E-state index in [9.17, 15) is 9.59 Å². The van der Waals surface area contributed by atoms with Crippen LogP contribution in [0.1, 0.15) is 65.2 Å². The molecule has 0 aromatic rings. The number of carbonyl (C=O) groups excluding carboxylic acids is 2. The first-order valence-corrected chi connectivity index (χ1v) is 8.64. The zero-order chi connectivity index (χ0) is 15.0. The van der Waals surface area contributed by atoms with Gasteiger partial charge in [0.05, 0.1) is 6.54 Å². The highest BCUT2D eigenvalue weighted by molar-refractivity contribution is 5.98. The first kappa shape index (κ1) is 14.9. The van der Waals surface area contributed by atoms with Crippen molar-refractivity contribution in [3.63, 3.8) is 0 Å². The van der Waals surface area contributed by atoms with Crippen LogP contribution in [0, 0.1) is 11.8 Å². The molecule has 3 atom stereocenters. The maximum atomic E-state index is 13.1. The summed E-state index contributed by atoms with van der Waals surface area (Å²) in [4.78, 5) is 27.2. The lowest BCUT2D eigenvalue weighted by Crippen LogP contribution is -2.69. The van der Waals surface area contributed by atoms with Crippen LogP contribution in [0.3, 0.4) is 0 Å². The highest BCUT2D eigenvalue weighted by Gasteiger charge is 2.49. The largest absolute Gasteiger partial charge is 0.340 e. The van der Waals surface area contributed by atoms with Gasteiger partial charge < -0.3 is 10.2 Å². The second-order valence-corrected chi connectivity index (χ2v) is 7.59. The van der Waals surface area contributed by atoms with Crippen LogP contribution in [0.25, 0.3) is 0 Å². The van der Waals surface area contributed by atoms with Gasteiger partial charge in [0, 0.05) is 6.04 Å². The van der Waals surface area contributed by atoms with Crippen LogP contribution in [-0.4, -0.2) is 34.8 Å². The molecular weight excluding hydrogens is 264 g/mol. The number of hydrogen-bond donors (Lipinski definition) is 1. The molecule has 4 heteroatoms. The maximum Gasteiger partial charge on any atom is 0.249 e. The monoisotopic (exact) mass is 292 g/mol. The van der Waals surface area contributed by atoms with Crippen molar-refractivity contribution >= 4 is 11.8 Å². The average Bonchev–Trinajstić information content (AvgIpc) is 2.44. The zero-order valence-electron chi connectivity index (χ0n) is 13.4. The van der Waals surface area contributed by atoms with Gasteiger partial charge in [0.25, 0.3) is 0 Å². The molecule has 3 aliphatic rings. The molecule has 1 aliphatic heterocycles. The Labute approximate surface area is 127 Å². The van der Waals surface area contributed by atoms with E-state index < -0.39 is 5.54 Å². The summed E-state index contributed by atoms with van der Waals surface area (Å²) < 4.78 is 0. The molecule has 1 heterocycles. The predicted molar refractivity (Wildman–Crippen MR) is 81.6 cm³/mol. The van der Waals surface area contributed by atoms with E-state index in [1.807, 2.05) is 4.90 Å². The molecule has 3 unspecified atom stereocenters. The SMILES string of the molecule is CC1CCC(N2CC(=O)NC3(CCCCC3)C2=O)C(C)C1. The van der Waals surface area contributed by atoms with Crippen molar-refractivity contribution in [1.82, 2.24) is 10.2 Å². The number of hydrogen-bond acceptors (Lipinski definition) is 2. The molecule has 2 aliphatic carbocycles. The Morgan fingerprint density at radius 2 is 1.81 bits per heavy atom. The van der Waals surface area contributed by atoms with Gasteiger partial charge in [-0.1, -0.05) is 33.1 Å². The van der Waals surface area contributed by atoms with E-state index in [4.69, 9.17) is 0 Å². The van der Waals surface area contributed by atoms with E-state index in [-0.39, 0.29) is 24.4 Å². The Morgan fingerprint density at radius 1 is 1.10 bits per heavy atom. The van der Waals surface area contributed by atoms with Crippen LogP contribution in [0.15, 0.2) is 0 Å². The lowest BCUT2D eigenvalue weighted by atomic mass is 9.75. The molecule has 0 aromatic heterocycles. The second kappa shape index (κ2) is 5.62. The fourth-order valence-electron chi connectivity index (χ4n) is 4.74. The Bertz CT molecular complexity index is 429.